The van der Waals surface area contributed by atoms with Crippen LogP contribution in [-0.4, -0.2) is 29.2 Å². The Morgan fingerprint density at radius 2 is 2.22 bits per heavy atom. The van der Waals surface area contributed by atoms with Gasteiger partial charge in [-0.1, -0.05) is 38.7 Å². The van der Waals surface area contributed by atoms with Crippen molar-refractivity contribution in [2.75, 3.05) is 13.1 Å². The minimum absolute atomic E-state index is 0.145. The van der Waals surface area contributed by atoms with E-state index in [0.29, 0.717) is 0 Å². The Balaban J connectivity index is 1.74. The van der Waals surface area contributed by atoms with Crippen LogP contribution in [0.5, 0.6) is 0 Å². The number of nitrogens with zero attached hydrogens (tertiary/aromatic N) is 1. The summed E-state index contributed by atoms with van der Waals surface area (Å²) in [5.74, 6) is 0.778. The predicted molar refractivity (Wildman–Crippen MR) is 77.9 cm³/mol. The quantitative estimate of drug-likeness (QED) is 0.817. The van der Waals surface area contributed by atoms with Crippen LogP contribution < -0.4 is 0 Å². The van der Waals surface area contributed by atoms with Gasteiger partial charge in [0.05, 0.1) is 6.10 Å². The van der Waals surface area contributed by atoms with Crippen LogP contribution in [0.2, 0.25) is 0 Å². The van der Waals surface area contributed by atoms with Crippen molar-refractivity contribution in [3.8, 4) is 0 Å². The smallest absolute Gasteiger partial charge is 0.0669 e. The molecule has 0 saturated heterocycles. The number of hydrogen-bond donors (Lipinski definition) is 1. The molecule has 1 N–H and O–H groups in total. The highest BCUT2D eigenvalue weighted by molar-refractivity contribution is 7.09. The second-order valence-electron chi connectivity index (χ2n) is 5.45. The summed E-state index contributed by atoms with van der Waals surface area (Å²) in [7, 11) is 0. The predicted octanol–water partition coefficient (Wildman–Crippen LogP) is 3.51. The number of hydrogen-bond acceptors (Lipinski definition) is 3. The van der Waals surface area contributed by atoms with Crippen molar-refractivity contribution in [2.45, 2.75) is 51.7 Å². The number of aliphatic hydroxyl groups excluding tert-OH is 1. The Morgan fingerprint density at radius 1 is 1.44 bits per heavy atom. The summed E-state index contributed by atoms with van der Waals surface area (Å²) in [6, 6.07) is 4.28. The standard InChI is InChI=1S/C15H25NOS/c1-2-16(12-15-8-5-9-18-15)11-14(17)10-13-6-3-4-7-13/h5,8-9,13-14,17H,2-4,6-7,10-12H2,1H3. The van der Waals surface area contributed by atoms with E-state index in [2.05, 4.69) is 29.3 Å². The molecule has 1 aromatic rings. The highest BCUT2D eigenvalue weighted by atomic mass is 32.1. The molecule has 1 heterocycles. The molecule has 0 amide bonds. The van der Waals surface area contributed by atoms with Crippen molar-refractivity contribution in [1.29, 1.82) is 0 Å². The van der Waals surface area contributed by atoms with Gasteiger partial charge in [0.2, 0.25) is 0 Å². The molecular weight excluding hydrogens is 242 g/mol. The monoisotopic (exact) mass is 267 g/mol. The average Bonchev–Trinajstić information content (AvgIpc) is 3.01. The maximum Gasteiger partial charge on any atom is 0.0669 e. The molecule has 1 unspecified atom stereocenters. The van der Waals surface area contributed by atoms with Gasteiger partial charge in [-0.3, -0.25) is 4.90 Å². The highest BCUT2D eigenvalue weighted by Crippen LogP contribution is 2.28. The first-order chi connectivity index (χ1) is 8.78. The van der Waals surface area contributed by atoms with Gasteiger partial charge in [-0.25, -0.2) is 0 Å². The molecule has 1 aliphatic rings. The van der Waals surface area contributed by atoms with Crippen molar-refractivity contribution in [3.63, 3.8) is 0 Å². The SMILES string of the molecule is CCN(Cc1cccs1)CC(O)CC1CCCC1. The highest BCUT2D eigenvalue weighted by Gasteiger charge is 2.20. The lowest BCUT2D eigenvalue weighted by molar-refractivity contribution is 0.0907. The van der Waals surface area contributed by atoms with Gasteiger partial charge in [-0.05, 0) is 30.3 Å². The van der Waals surface area contributed by atoms with Crippen molar-refractivity contribution >= 4 is 11.3 Å². The normalized spacial score (nSPS) is 18.6. The Hall–Kier alpha value is -0.380. The van der Waals surface area contributed by atoms with E-state index in [1.54, 1.807) is 11.3 Å². The molecule has 0 aliphatic heterocycles. The van der Waals surface area contributed by atoms with Crippen LogP contribution in [-0.2, 0) is 6.54 Å². The zero-order valence-corrected chi connectivity index (χ0v) is 12.2. The van der Waals surface area contributed by atoms with Crippen molar-refractivity contribution in [3.05, 3.63) is 22.4 Å². The van der Waals surface area contributed by atoms with E-state index in [1.807, 2.05) is 0 Å². The number of rotatable bonds is 7. The first-order valence-electron chi connectivity index (χ1n) is 7.20. The van der Waals surface area contributed by atoms with E-state index >= 15 is 0 Å². The maximum atomic E-state index is 10.2. The molecule has 18 heavy (non-hydrogen) atoms. The minimum atomic E-state index is -0.145. The molecule has 2 rings (SSSR count). The molecule has 2 nitrogen and oxygen atoms in total. The van der Waals surface area contributed by atoms with E-state index in [-0.39, 0.29) is 6.10 Å². The second-order valence-corrected chi connectivity index (χ2v) is 6.48. The third-order valence-corrected chi connectivity index (χ3v) is 4.82. The Labute approximate surface area is 115 Å². The van der Waals surface area contributed by atoms with Crippen LogP contribution in [0.15, 0.2) is 17.5 Å². The summed E-state index contributed by atoms with van der Waals surface area (Å²) >= 11 is 1.80. The molecule has 1 fully saturated rings. The van der Waals surface area contributed by atoms with Crippen LogP contribution in [0, 0.1) is 5.92 Å². The summed E-state index contributed by atoms with van der Waals surface area (Å²) in [5, 5.41) is 12.3. The first-order valence-corrected chi connectivity index (χ1v) is 8.08. The van der Waals surface area contributed by atoms with Gasteiger partial charge >= 0.3 is 0 Å². The molecule has 0 bridgehead atoms. The molecule has 0 aromatic carbocycles. The zero-order valence-electron chi connectivity index (χ0n) is 11.3. The summed E-state index contributed by atoms with van der Waals surface area (Å²) in [6.45, 7) is 5.00. The lowest BCUT2D eigenvalue weighted by atomic mass is 10.00. The van der Waals surface area contributed by atoms with Gasteiger partial charge in [0.15, 0.2) is 0 Å². The number of likely N-dealkylation sites (N-methyl/N-ethyl adjacent to an activating group) is 1. The molecule has 3 heteroatoms. The lowest BCUT2D eigenvalue weighted by Gasteiger charge is -2.24. The Bertz CT molecular complexity index is 319. The second kappa shape index (κ2) is 7.27. The van der Waals surface area contributed by atoms with Gasteiger partial charge in [0.1, 0.15) is 0 Å². The number of aliphatic hydroxyl groups is 1. The fourth-order valence-electron chi connectivity index (χ4n) is 2.93. The van der Waals surface area contributed by atoms with Gasteiger partial charge in [0, 0.05) is 18.0 Å². The summed E-state index contributed by atoms with van der Waals surface area (Å²) in [4.78, 5) is 3.75. The molecule has 1 aliphatic carbocycles. The maximum absolute atomic E-state index is 10.2. The van der Waals surface area contributed by atoms with Crippen molar-refractivity contribution < 1.29 is 5.11 Å². The van der Waals surface area contributed by atoms with Crippen LogP contribution in [0.4, 0.5) is 0 Å². The van der Waals surface area contributed by atoms with E-state index in [9.17, 15) is 5.11 Å². The molecule has 1 atom stereocenters. The van der Waals surface area contributed by atoms with Crippen LogP contribution in [0.1, 0.15) is 43.9 Å². The van der Waals surface area contributed by atoms with Crippen LogP contribution >= 0.6 is 11.3 Å². The summed E-state index contributed by atoms with van der Waals surface area (Å²) in [6.07, 6.45) is 6.24. The third kappa shape index (κ3) is 4.38. The first kappa shape index (κ1) is 14.0. The van der Waals surface area contributed by atoms with Gasteiger partial charge in [-0.15, -0.1) is 11.3 Å². The fraction of sp³-hybridized carbons (Fsp3) is 0.733. The molecule has 1 saturated carbocycles. The van der Waals surface area contributed by atoms with Gasteiger partial charge in [-0.2, -0.15) is 0 Å². The van der Waals surface area contributed by atoms with E-state index in [1.165, 1.54) is 30.6 Å². The fourth-order valence-corrected chi connectivity index (χ4v) is 3.68. The minimum Gasteiger partial charge on any atom is -0.392 e. The van der Waals surface area contributed by atoms with Gasteiger partial charge < -0.3 is 5.11 Å². The molecule has 0 radical (unpaired) electrons. The molecule has 1 aromatic heterocycles. The van der Waals surface area contributed by atoms with Gasteiger partial charge in [0.25, 0.3) is 0 Å². The van der Waals surface area contributed by atoms with E-state index in [4.69, 9.17) is 0 Å². The molecule has 102 valence electrons. The molecular formula is C15H25NOS. The van der Waals surface area contributed by atoms with E-state index < -0.39 is 0 Å². The summed E-state index contributed by atoms with van der Waals surface area (Å²) in [5.41, 5.74) is 0. The van der Waals surface area contributed by atoms with E-state index in [0.717, 1.165) is 32.0 Å². The lowest BCUT2D eigenvalue weighted by Crippen LogP contribution is -2.32. The topological polar surface area (TPSA) is 23.5 Å². The zero-order chi connectivity index (χ0) is 12.8. The Morgan fingerprint density at radius 3 is 2.83 bits per heavy atom. The largest absolute Gasteiger partial charge is 0.392 e. The Kier molecular flexibility index (Phi) is 5.67. The average molecular weight is 267 g/mol. The van der Waals surface area contributed by atoms with Crippen molar-refractivity contribution in [1.82, 2.24) is 4.90 Å². The third-order valence-electron chi connectivity index (χ3n) is 3.96. The summed E-state index contributed by atoms with van der Waals surface area (Å²) < 4.78 is 0. The van der Waals surface area contributed by atoms with Crippen molar-refractivity contribution in [2.24, 2.45) is 5.92 Å². The number of thiophene rings is 1. The molecule has 0 spiro atoms. The van der Waals surface area contributed by atoms with Crippen LogP contribution in [0.3, 0.4) is 0 Å². The van der Waals surface area contributed by atoms with Crippen LogP contribution in [0.25, 0.3) is 0 Å².